The van der Waals surface area contributed by atoms with Crippen LogP contribution in [-0.2, 0) is 19.4 Å². The third kappa shape index (κ3) is 1.43. The Kier molecular flexibility index (Phi) is 2.65. The van der Waals surface area contributed by atoms with Crippen LogP contribution in [0.1, 0.15) is 30.9 Å². The molecule has 0 aliphatic rings. The lowest BCUT2D eigenvalue weighted by atomic mass is 10.1. The number of hydrogen-bond acceptors (Lipinski definition) is 3. The Morgan fingerprint density at radius 2 is 2.09 bits per heavy atom. The van der Waals surface area contributed by atoms with Gasteiger partial charge in [-0.15, -0.1) is 0 Å². The number of rotatable bonds is 3. The number of nitrogens with two attached hydrogens (primary N) is 1. The summed E-state index contributed by atoms with van der Waals surface area (Å²) in [5, 5.41) is 3.92. The quantitative estimate of drug-likeness (QED) is 0.713. The molecular formula is C8H14N2O. The standard InChI is InChI=1S/C8H14N2O/c1-3-7-6(5-9)8(4-2)11-10-7/h3-5,9H2,1-2H3. The first-order valence-electron chi connectivity index (χ1n) is 3.99. The van der Waals surface area contributed by atoms with Gasteiger partial charge in [0.2, 0.25) is 0 Å². The van der Waals surface area contributed by atoms with E-state index in [2.05, 4.69) is 12.1 Å². The summed E-state index contributed by atoms with van der Waals surface area (Å²) in [4.78, 5) is 0. The predicted molar refractivity (Wildman–Crippen MR) is 43.2 cm³/mol. The van der Waals surface area contributed by atoms with Crippen molar-refractivity contribution in [2.45, 2.75) is 33.2 Å². The molecule has 0 unspecified atom stereocenters. The van der Waals surface area contributed by atoms with E-state index in [1.807, 2.05) is 6.92 Å². The van der Waals surface area contributed by atoms with Gasteiger partial charge in [-0.25, -0.2) is 0 Å². The first-order valence-corrected chi connectivity index (χ1v) is 3.99. The van der Waals surface area contributed by atoms with E-state index in [9.17, 15) is 0 Å². The largest absolute Gasteiger partial charge is 0.361 e. The molecule has 1 aromatic rings. The van der Waals surface area contributed by atoms with Crippen molar-refractivity contribution in [1.29, 1.82) is 0 Å². The molecule has 0 aromatic carbocycles. The Morgan fingerprint density at radius 3 is 2.55 bits per heavy atom. The zero-order valence-electron chi connectivity index (χ0n) is 7.05. The van der Waals surface area contributed by atoms with Gasteiger partial charge in [0.05, 0.1) is 5.69 Å². The SMILES string of the molecule is CCc1noc(CC)c1CN. The van der Waals surface area contributed by atoms with Crippen LogP contribution in [0.15, 0.2) is 4.52 Å². The zero-order chi connectivity index (χ0) is 8.27. The fourth-order valence-corrected chi connectivity index (χ4v) is 1.17. The number of aryl methyl sites for hydroxylation is 2. The summed E-state index contributed by atoms with van der Waals surface area (Å²) in [5.74, 6) is 0.935. The minimum atomic E-state index is 0.538. The van der Waals surface area contributed by atoms with Crippen LogP contribution >= 0.6 is 0 Å². The van der Waals surface area contributed by atoms with E-state index < -0.39 is 0 Å². The first-order chi connectivity index (χ1) is 5.33. The highest BCUT2D eigenvalue weighted by Gasteiger charge is 2.10. The van der Waals surface area contributed by atoms with Gasteiger partial charge >= 0.3 is 0 Å². The van der Waals surface area contributed by atoms with E-state index in [1.165, 1.54) is 0 Å². The topological polar surface area (TPSA) is 52.0 Å². The lowest BCUT2D eigenvalue weighted by Crippen LogP contribution is -2.01. The fourth-order valence-electron chi connectivity index (χ4n) is 1.17. The summed E-state index contributed by atoms with van der Waals surface area (Å²) in [6.07, 6.45) is 1.77. The van der Waals surface area contributed by atoms with E-state index in [0.29, 0.717) is 6.54 Å². The fraction of sp³-hybridized carbons (Fsp3) is 0.625. The van der Waals surface area contributed by atoms with Gasteiger partial charge in [0, 0.05) is 18.5 Å². The zero-order valence-corrected chi connectivity index (χ0v) is 7.05. The highest BCUT2D eigenvalue weighted by molar-refractivity contribution is 5.22. The maximum atomic E-state index is 5.55. The molecule has 0 bridgehead atoms. The molecule has 0 aliphatic heterocycles. The van der Waals surface area contributed by atoms with E-state index in [-0.39, 0.29) is 0 Å². The molecule has 2 N–H and O–H groups in total. The molecule has 3 nitrogen and oxygen atoms in total. The molecule has 0 saturated carbocycles. The second-order valence-electron chi connectivity index (χ2n) is 2.44. The average Bonchev–Trinajstić information content (AvgIpc) is 2.45. The molecule has 0 saturated heterocycles. The Labute approximate surface area is 66.6 Å². The predicted octanol–water partition coefficient (Wildman–Crippen LogP) is 1.26. The molecular weight excluding hydrogens is 140 g/mol. The molecule has 1 aromatic heterocycles. The Morgan fingerprint density at radius 1 is 1.36 bits per heavy atom. The molecule has 0 radical (unpaired) electrons. The minimum absolute atomic E-state index is 0.538. The molecule has 0 fully saturated rings. The Bertz CT molecular complexity index is 208. The van der Waals surface area contributed by atoms with Gasteiger partial charge in [-0.05, 0) is 6.42 Å². The smallest absolute Gasteiger partial charge is 0.141 e. The Hall–Kier alpha value is -0.830. The first kappa shape index (κ1) is 8.27. The van der Waals surface area contributed by atoms with E-state index in [4.69, 9.17) is 10.3 Å². The van der Waals surface area contributed by atoms with E-state index in [1.54, 1.807) is 0 Å². The van der Waals surface area contributed by atoms with Gasteiger partial charge in [-0.2, -0.15) is 0 Å². The van der Waals surface area contributed by atoms with E-state index >= 15 is 0 Å². The molecule has 0 spiro atoms. The molecule has 11 heavy (non-hydrogen) atoms. The number of hydrogen-bond donors (Lipinski definition) is 1. The normalized spacial score (nSPS) is 10.5. The number of aromatic nitrogens is 1. The lowest BCUT2D eigenvalue weighted by molar-refractivity contribution is 0.380. The summed E-state index contributed by atoms with van der Waals surface area (Å²) in [7, 11) is 0. The third-order valence-electron chi connectivity index (χ3n) is 1.81. The van der Waals surface area contributed by atoms with Crippen LogP contribution in [0.5, 0.6) is 0 Å². The minimum Gasteiger partial charge on any atom is -0.361 e. The van der Waals surface area contributed by atoms with Crippen molar-refractivity contribution >= 4 is 0 Å². The van der Waals surface area contributed by atoms with Crippen molar-refractivity contribution in [3.63, 3.8) is 0 Å². The van der Waals surface area contributed by atoms with Crippen LogP contribution in [0.3, 0.4) is 0 Å². The van der Waals surface area contributed by atoms with Gasteiger partial charge in [-0.3, -0.25) is 0 Å². The van der Waals surface area contributed by atoms with Gasteiger partial charge < -0.3 is 10.3 Å². The van der Waals surface area contributed by atoms with Crippen molar-refractivity contribution in [3.8, 4) is 0 Å². The Balaban J connectivity index is 2.99. The van der Waals surface area contributed by atoms with Crippen molar-refractivity contribution in [3.05, 3.63) is 17.0 Å². The molecule has 0 atom stereocenters. The van der Waals surface area contributed by atoms with Crippen LogP contribution < -0.4 is 5.73 Å². The average molecular weight is 154 g/mol. The second-order valence-corrected chi connectivity index (χ2v) is 2.44. The summed E-state index contributed by atoms with van der Waals surface area (Å²) in [6, 6.07) is 0. The van der Waals surface area contributed by atoms with Crippen molar-refractivity contribution in [2.24, 2.45) is 5.73 Å². The molecule has 62 valence electrons. The van der Waals surface area contributed by atoms with Crippen molar-refractivity contribution < 1.29 is 4.52 Å². The van der Waals surface area contributed by atoms with Gasteiger partial charge in [0.15, 0.2) is 0 Å². The molecule has 1 rings (SSSR count). The third-order valence-corrected chi connectivity index (χ3v) is 1.81. The lowest BCUT2D eigenvalue weighted by Gasteiger charge is -1.94. The van der Waals surface area contributed by atoms with Crippen molar-refractivity contribution in [2.75, 3.05) is 0 Å². The van der Waals surface area contributed by atoms with Crippen molar-refractivity contribution in [1.82, 2.24) is 5.16 Å². The summed E-state index contributed by atoms with van der Waals surface area (Å²) in [5.41, 5.74) is 7.64. The highest BCUT2D eigenvalue weighted by atomic mass is 16.5. The summed E-state index contributed by atoms with van der Waals surface area (Å²) in [6.45, 7) is 4.63. The second kappa shape index (κ2) is 3.53. The monoisotopic (exact) mass is 154 g/mol. The molecule has 0 amide bonds. The van der Waals surface area contributed by atoms with Crippen LogP contribution in [0.25, 0.3) is 0 Å². The molecule has 1 heterocycles. The van der Waals surface area contributed by atoms with Crippen LogP contribution in [0, 0.1) is 0 Å². The van der Waals surface area contributed by atoms with Gasteiger partial charge in [-0.1, -0.05) is 19.0 Å². The van der Waals surface area contributed by atoms with Gasteiger partial charge in [0.1, 0.15) is 5.76 Å². The maximum Gasteiger partial charge on any atom is 0.141 e. The molecule has 3 heteroatoms. The van der Waals surface area contributed by atoms with E-state index in [0.717, 1.165) is 29.9 Å². The van der Waals surface area contributed by atoms with Crippen LogP contribution in [0.2, 0.25) is 0 Å². The maximum absolute atomic E-state index is 5.55. The number of nitrogens with zero attached hydrogens (tertiary/aromatic N) is 1. The highest BCUT2D eigenvalue weighted by Crippen LogP contribution is 2.14. The molecule has 0 aliphatic carbocycles. The van der Waals surface area contributed by atoms with Crippen LogP contribution in [0.4, 0.5) is 0 Å². The summed E-state index contributed by atoms with van der Waals surface area (Å²) < 4.78 is 5.10. The summed E-state index contributed by atoms with van der Waals surface area (Å²) >= 11 is 0. The van der Waals surface area contributed by atoms with Crippen LogP contribution in [-0.4, -0.2) is 5.16 Å². The van der Waals surface area contributed by atoms with Gasteiger partial charge in [0.25, 0.3) is 0 Å².